The van der Waals surface area contributed by atoms with E-state index in [4.69, 9.17) is 10.8 Å². The minimum Gasteiger partial charge on any atom is -0.481 e. The van der Waals surface area contributed by atoms with Crippen LogP contribution in [0.4, 0.5) is 5.82 Å². The molecule has 0 spiro atoms. The summed E-state index contributed by atoms with van der Waals surface area (Å²) in [5, 5.41) is 12.2. The van der Waals surface area contributed by atoms with E-state index in [-0.39, 0.29) is 18.9 Å². The summed E-state index contributed by atoms with van der Waals surface area (Å²) in [7, 11) is 0. The number of hydrogen-bond acceptors (Lipinski definition) is 4. The van der Waals surface area contributed by atoms with Gasteiger partial charge in [-0.15, -0.1) is 0 Å². The summed E-state index contributed by atoms with van der Waals surface area (Å²) in [6, 6.07) is 17.5. The molecule has 0 aliphatic heterocycles. The Hall–Kier alpha value is -3.41. The van der Waals surface area contributed by atoms with Crippen LogP contribution < -0.4 is 11.1 Å². The Bertz CT molecular complexity index is 944. The lowest BCUT2D eigenvalue weighted by Crippen LogP contribution is -2.25. The highest BCUT2D eigenvalue weighted by molar-refractivity contribution is 5.94. The molecule has 1 aromatic heterocycles. The maximum atomic E-state index is 11.6. The van der Waals surface area contributed by atoms with Gasteiger partial charge in [-0.25, -0.2) is 4.98 Å². The molecule has 3 aromatic rings. The molecule has 0 unspecified atom stereocenters. The fourth-order valence-corrected chi connectivity index (χ4v) is 2.83. The topological polar surface area (TPSA) is 105 Å². The zero-order valence-electron chi connectivity index (χ0n) is 17.5. The smallest absolute Gasteiger partial charge is 0.305 e. The number of rotatable bonds is 7. The molecule has 0 fully saturated rings. The average molecular weight is 408 g/mol. The second-order valence-electron chi connectivity index (χ2n) is 7.08. The molecule has 6 nitrogen and oxygen atoms in total. The molecule has 4 N–H and O–H groups in total. The van der Waals surface area contributed by atoms with E-state index in [0.717, 1.165) is 35.7 Å². The second-order valence-corrected chi connectivity index (χ2v) is 7.08. The van der Waals surface area contributed by atoms with Gasteiger partial charge in [-0.2, -0.15) is 0 Å². The van der Waals surface area contributed by atoms with Gasteiger partial charge >= 0.3 is 5.97 Å². The summed E-state index contributed by atoms with van der Waals surface area (Å²) in [4.78, 5) is 26.2. The third-order valence-electron chi connectivity index (χ3n) is 4.61. The van der Waals surface area contributed by atoms with Crippen molar-refractivity contribution >= 4 is 28.6 Å². The SMILES string of the molecule is CCCCc1ccc(C(=O)NCCC(=O)O)cc1.Cc1cc2ccccc2nc1N. The van der Waals surface area contributed by atoms with Gasteiger partial charge in [0, 0.05) is 17.5 Å². The predicted molar refractivity (Wildman–Crippen MR) is 121 cm³/mol. The minimum absolute atomic E-state index is 0.0552. The molecule has 0 aliphatic rings. The Morgan fingerprint density at radius 2 is 1.80 bits per heavy atom. The number of fused-ring (bicyclic) bond motifs is 1. The number of nitrogen functional groups attached to an aromatic ring is 1. The van der Waals surface area contributed by atoms with Crippen LogP contribution in [-0.4, -0.2) is 28.5 Å². The van der Waals surface area contributed by atoms with Gasteiger partial charge in [-0.05, 0) is 55.2 Å². The lowest BCUT2D eigenvalue weighted by atomic mass is 10.1. The van der Waals surface area contributed by atoms with Gasteiger partial charge in [-0.1, -0.05) is 43.7 Å². The van der Waals surface area contributed by atoms with Crippen molar-refractivity contribution in [3.05, 3.63) is 71.3 Å². The maximum absolute atomic E-state index is 11.6. The van der Waals surface area contributed by atoms with Gasteiger partial charge in [0.1, 0.15) is 5.82 Å². The van der Waals surface area contributed by atoms with Crippen LogP contribution in [0.3, 0.4) is 0 Å². The number of aromatic nitrogens is 1. The van der Waals surface area contributed by atoms with Crippen LogP contribution in [0.25, 0.3) is 10.9 Å². The van der Waals surface area contributed by atoms with Crippen LogP contribution in [0.15, 0.2) is 54.6 Å². The number of amides is 1. The molecule has 0 saturated heterocycles. The molecule has 0 bridgehead atoms. The van der Waals surface area contributed by atoms with Crippen LogP contribution in [-0.2, 0) is 11.2 Å². The van der Waals surface area contributed by atoms with Gasteiger partial charge in [0.05, 0.1) is 11.9 Å². The predicted octanol–water partition coefficient (Wildman–Crippen LogP) is 4.36. The number of carbonyl (C=O) groups excluding carboxylic acids is 1. The number of carboxylic acids is 1. The van der Waals surface area contributed by atoms with Crippen LogP contribution in [0, 0.1) is 6.92 Å². The summed E-state index contributed by atoms with van der Waals surface area (Å²) in [6.07, 6.45) is 3.26. The number of nitrogens with zero attached hydrogens (tertiary/aromatic N) is 1. The summed E-state index contributed by atoms with van der Waals surface area (Å²) in [5.41, 5.74) is 9.46. The molecule has 6 heteroatoms. The zero-order chi connectivity index (χ0) is 21.9. The number of benzene rings is 2. The van der Waals surface area contributed by atoms with Gasteiger partial charge in [0.15, 0.2) is 0 Å². The number of hydrogen-bond donors (Lipinski definition) is 3. The van der Waals surface area contributed by atoms with Crippen molar-refractivity contribution in [3.63, 3.8) is 0 Å². The Morgan fingerprint density at radius 3 is 2.47 bits per heavy atom. The quantitative estimate of drug-likeness (QED) is 0.540. The molecule has 158 valence electrons. The van der Waals surface area contributed by atoms with Crippen molar-refractivity contribution in [2.75, 3.05) is 12.3 Å². The van der Waals surface area contributed by atoms with Crippen LogP contribution in [0.5, 0.6) is 0 Å². The molecular formula is C24H29N3O3. The largest absolute Gasteiger partial charge is 0.481 e. The van der Waals surface area contributed by atoms with Crippen molar-refractivity contribution in [1.82, 2.24) is 10.3 Å². The Labute approximate surface area is 177 Å². The van der Waals surface area contributed by atoms with Crippen molar-refractivity contribution in [3.8, 4) is 0 Å². The number of carbonyl (C=O) groups is 2. The third-order valence-corrected chi connectivity index (χ3v) is 4.61. The third kappa shape index (κ3) is 7.20. The fraction of sp³-hybridized carbons (Fsp3) is 0.292. The summed E-state index contributed by atoms with van der Waals surface area (Å²) in [6.45, 7) is 4.27. The molecule has 2 aromatic carbocycles. The number of para-hydroxylation sites is 1. The van der Waals surface area contributed by atoms with E-state index in [1.54, 1.807) is 12.1 Å². The van der Waals surface area contributed by atoms with E-state index in [9.17, 15) is 9.59 Å². The Balaban J connectivity index is 0.000000230. The van der Waals surface area contributed by atoms with E-state index >= 15 is 0 Å². The first-order valence-corrected chi connectivity index (χ1v) is 10.1. The maximum Gasteiger partial charge on any atom is 0.305 e. The number of aryl methyl sites for hydroxylation is 2. The van der Waals surface area contributed by atoms with E-state index in [1.165, 1.54) is 5.56 Å². The molecule has 0 atom stereocenters. The number of pyridine rings is 1. The van der Waals surface area contributed by atoms with Gasteiger partial charge < -0.3 is 16.2 Å². The fourth-order valence-electron chi connectivity index (χ4n) is 2.83. The number of anilines is 1. The number of aliphatic carboxylic acids is 1. The first-order chi connectivity index (χ1) is 14.4. The first-order valence-electron chi connectivity index (χ1n) is 10.1. The second kappa shape index (κ2) is 11.6. The highest BCUT2D eigenvalue weighted by atomic mass is 16.4. The van der Waals surface area contributed by atoms with Crippen molar-refractivity contribution < 1.29 is 14.7 Å². The monoisotopic (exact) mass is 407 g/mol. The summed E-state index contributed by atoms with van der Waals surface area (Å²) < 4.78 is 0. The molecule has 0 radical (unpaired) electrons. The van der Waals surface area contributed by atoms with E-state index in [0.29, 0.717) is 11.4 Å². The standard InChI is InChI=1S/C14H19NO3.C10H10N2/c1-2-3-4-11-5-7-12(8-6-11)14(18)15-10-9-13(16)17;1-7-6-8-4-2-3-5-9(8)12-10(7)11/h5-8H,2-4,9-10H2,1H3,(H,15,18)(H,16,17);2-6H,1H3,(H2,11,12). The van der Waals surface area contributed by atoms with Crippen LogP contribution >= 0.6 is 0 Å². The number of carboxylic acid groups (broad SMARTS) is 1. The number of nitrogens with one attached hydrogen (secondary N) is 1. The van der Waals surface area contributed by atoms with E-state index in [2.05, 4.69) is 23.3 Å². The van der Waals surface area contributed by atoms with Crippen molar-refractivity contribution in [2.45, 2.75) is 39.5 Å². The molecule has 3 rings (SSSR count). The minimum atomic E-state index is -0.912. The molecular weight excluding hydrogens is 378 g/mol. The Kier molecular flexibility index (Phi) is 8.81. The normalized spacial score (nSPS) is 10.2. The van der Waals surface area contributed by atoms with E-state index < -0.39 is 5.97 Å². The van der Waals surface area contributed by atoms with Crippen LogP contribution in [0.1, 0.15) is 47.7 Å². The van der Waals surface area contributed by atoms with Crippen LogP contribution in [0.2, 0.25) is 0 Å². The molecule has 0 saturated carbocycles. The number of nitrogens with two attached hydrogens (primary N) is 1. The van der Waals surface area contributed by atoms with Gasteiger partial charge in [0.2, 0.25) is 0 Å². The highest BCUT2D eigenvalue weighted by Gasteiger charge is 2.05. The van der Waals surface area contributed by atoms with Crippen molar-refractivity contribution in [1.29, 1.82) is 0 Å². The summed E-state index contributed by atoms with van der Waals surface area (Å²) >= 11 is 0. The lowest BCUT2D eigenvalue weighted by Gasteiger charge is -2.05. The average Bonchev–Trinajstić information content (AvgIpc) is 2.73. The lowest BCUT2D eigenvalue weighted by molar-refractivity contribution is -0.136. The van der Waals surface area contributed by atoms with Gasteiger partial charge in [-0.3, -0.25) is 9.59 Å². The molecule has 1 heterocycles. The molecule has 30 heavy (non-hydrogen) atoms. The number of unbranched alkanes of at least 4 members (excludes halogenated alkanes) is 1. The first kappa shape index (κ1) is 22.9. The Morgan fingerprint density at radius 1 is 1.10 bits per heavy atom. The van der Waals surface area contributed by atoms with E-state index in [1.807, 2.05) is 43.3 Å². The highest BCUT2D eigenvalue weighted by Crippen LogP contribution is 2.16. The summed E-state index contributed by atoms with van der Waals surface area (Å²) in [5.74, 6) is -0.516. The zero-order valence-corrected chi connectivity index (χ0v) is 17.5. The molecule has 0 aliphatic carbocycles. The molecule has 1 amide bonds. The van der Waals surface area contributed by atoms with Gasteiger partial charge in [0.25, 0.3) is 5.91 Å². The van der Waals surface area contributed by atoms with Crippen molar-refractivity contribution in [2.24, 2.45) is 0 Å².